The van der Waals surface area contributed by atoms with Gasteiger partial charge in [0.25, 0.3) is 5.56 Å². The highest BCUT2D eigenvalue weighted by Crippen LogP contribution is 2.58. The summed E-state index contributed by atoms with van der Waals surface area (Å²) in [6.45, 7) is -8.49. The quantitative estimate of drug-likeness (QED) is 0.0945. The van der Waals surface area contributed by atoms with E-state index in [4.69, 9.17) is 39.2 Å². The maximum absolute atomic E-state index is 13.6. The van der Waals surface area contributed by atoms with Crippen molar-refractivity contribution in [3.8, 4) is 0 Å². The highest BCUT2D eigenvalue weighted by atomic mass is 32.7. The summed E-state index contributed by atoms with van der Waals surface area (Å²) in [7, 11) is 0. The predicted molar refractivity (Wildman–Crippen MR) is 160 cm³/mol. The standard InChI is InChI=1S/C21H26N10O10P2S2/c22-14-12-15(25-6-24-14)30(7-26-12)19-11-2-21(40-19,4-36-11)5-38-43(35,45)41-10-1-9(3-37-42(33,34)44)39-18(10)31-8-27-13-16(31)28-20(23)29-17(13)32/h6-11,18-19H,1-5H2,(H,35,45)(H2,22,24,25)(H2,33,34,44)(H3,23,28,29,32)/t9-,10-,11+,18+,19+,21+,43?/m0/s1. The molecule has 45 heavy (non-hydrogen) atoms. The number of nitrogens with one attached hydrogen (secondary N) is 1. The Hall–Kier alpha value is -2.59. The van der Waals surface area contributed by atoms with Crippen molar-refractivity contribution in [1.82, 2.24) is 39.0 Å². The van der Waals surface area contributed by atoms with Gasteiger partial charge in [0, 0.05) is 12.8 Å². The fourth-order valence-corrected chi connectivity index (χ4v) is 7.71. The molecule has 0 saturated carbocycles. The van der Waals surface area contributed by atoms with Crippen molar-refractivity contribution >= 4 is 71.7 Å². The van der Waals surface area contributed by atoms with Crippen molar-refractivity contribution in [2.45, 2.75) is 49.2 Å². The summed E-state index contributed by atoms with van der Waals surface area (Å²) in [5.41, 5.74) is 11.0. The first-order valence-corrected chi connectivity index (χ1v) is 18.6. The average molecular weight is 705 g/mol. The molecule has 4 aromatic rings. The number of fused-ring (bicyclic) bond motifs is 4. The highest BCUT2D eigenvalue weighted by Gasteiger charge is 2.55. The lowest BCUT2D eigenvalue weighted by Gasteiger charge is -2.32. The molecule has 0 aromatic carbocycles. The molecular formula is C21H26N10O10P2S2. The van der Waals surface area contributed by atoms with E-state index in [1.54, 1.807) is 4.57 Å². The molecule has 24 heteroatoms. The van der Waals surface area contributed by atoms with Crippen molar-refractivity contribution in [3.05, 3.63) is 29.3 Å². The molecule has 3 aliphatic rings. The summed E-state index contributed by atoms with van der Waals surface area (Å²) in [4.78, 5) is 54.5. The molecule has 242 valence electrons. The van der Waals surface area contributed by atoms with Gasteiger partial charge >= 0.3 is 13.5 Å². The van der Waals surface area contributed by atoms with E-state index in [9.17, 15) is 19.1 Å². The summed E-state index contributed by atoms with van der Waals surface area (Å²) in [6, 6.07) is 0. The zero-order chi connectivity index (χ0) is 31.7. The number of aromatic amines is 1. The fraction of sp³-hybridized carbons (Fsp3) is 0.524. The number of nitrogens with two attached hydrogens (primary N) is 2. The Morgan fingerprint density at radius 2 is 1.89 bits per heavy atom. The minimum Gasteiger partial charge on any atom is -0.382 e. The van der Waals surface area contributed by atoms with Crippen molar-refractivity contribution < 1.29 is 42.1 Å². The Balaban J connectivity index is 1.08. The van der Waals surface area contributed by atoms with Gasteiger partial charge in [-0.25, -0.2) is 24.5 Å². The molecule has 7 atom stereocenters. The van der Waals surface area contributed by atoms with E-state index >= 15 is 0 Å². The molecular weight excluding hydrogens is 678 g/mol. The molecule has 0 spiro atoms. The molecule has 0 amide bonds. The van der Waals surface area contributed by atoms with Gasteiger partial charge < -0.3 is 40.0 Å². The summed E-state index contributed by atoms with van der Waals surface area (Å²) in [6.07, 6.45) is 0.694. The number of ether oxygens (including phenoxy) is 3. The molecule has 3 fully saturated rings. The number of nitrogens with zero attached hydrogens (tertiary/aromatic N) is 7. The molecule has 0 aliphatic carbocycles. The molecule has 20 nitrogen and oxygen atoms in total. The zero-order valence-electron chi connectivity index (χ0n) is 22.8. The summed E-state index contributed by atoms with van der Waals surface area (Å²) < 4.78 is 51.6. The van der Waals surface area contributed by atoms with Crippen molar-refractivity contribution in [2.24, 2.45) is 0 Å². The van der Waals surface area contributed by atoms with Gasteiger partial charge in [-0.3, -0.25) is 28.0 Å². The largest absolute Gasteiger partial charge is 0.386 e. The van der Waals surface area contributed by atoms with Crippen LogP contribution in [0.5, 0.6) is 0 Å². The van der Waals surface area contributed by atoms with Gasteiger partial charge in [-0.15, -0.1) is 0 Å². The van der Waals surface area contributed by atoms with Crippen LogP contribution in [0.15, 0.2) is 23.8 Å². The zero-order valence-corrected chi connectivity index (χ0v) is 26.3. The Kier molecular flexibility index (Phi) is 7.78. The average Bonchev–Trinajstić information content (AvgIpc) is 3.78. The topological polar surface area (TPSA) is 272 Å². The SMILES string of the molecule is Nc1nc2c(ncn2[C@@H]2O[C@H](COP(O)(O)=S)C[C@@H]2OP(=O)(S)OC[C@]23CO[C@H](C2)[C@H](n2cnc4c(N)ncnc42)O3)c(=O)[nH]1. The molecule has 1 unspecified atom stereocenters. The van der Waals surface area contributed by atoms with Crippen LogP contribution in [0, 0.1) is 0 Å². The first-order chi connectivity index (χ1) is 21.3. The molecule has 0 radical (unpaired) electrons. The maximum atomic E-state index is 13.6. The van der Waals surface area contributed by atoms with E-state index in [0.717, 1.165) is 0 Å². The number of hydrogen-bond acceptors (Lipinski definition) is 16. The lowest BCUT2D eigenvalue weighted by molar-refractivity contribution is -0.180. The number of nitrogen functional groups attached to an aromatic ring is 2. The molecule has 7 N–H and O–H groups in total. The van der Waals surface area contributed by atoms with Crippen molar-refractivity contribution in [1.29, 1.82) is 0 Å². The number of anilines is 2. The van der Waals surface area contributed by atoms with Crippen LogP contribution in [0.4, 0.5) is 11.8 Å². The second kappa shape index (κ2) is 11.3. The number of rotatable bonds is 10. The monoisotopic (exact) mass is 704 g/mol. The molecule has 3 saturated heterocycles. The van der Waals surface area contributed by atoms with Crippen LogP contribution in [-0.2, 0) is 44.2 Å². The van der Waals surface area contributed by atoms with E-state index in [-0.39, 0.29) is 55.3 Å². The normalized spacial score (nSPS) is 29.6. The lowest BCUT2D eigenvalue weighted by atomic mass is 10.0. The van der Waals surface area contributed by atoms with Gasteiger partial charge in [0.05, 0.1) is 38.6 Å². The van der Waals surface area contributed by atoms with Crippen LogP contribution in [-0.4, -0.2) is 92.6 Å². The summed E-state index contributed by atoms with van der Waals surface area (Å²) in [5, 5.41) is 0. The maximum Gasteiger partial charge on any atom is 0.386 e. The summed E-state index contributed by atoms with van der Waals surface area (Å²) >= 11 is 8.75. The van der Waals surface area contributed by atoms with Crippen LogP contribution in [0.3, 0.4) is 0 Å². The van der Waals surface area contributed by atoms with E-state index in [1.807, 2.05) is 0 Å². The second-order valence-corrected chi connectivity index (χ2v) is 16.2. The minimum atomic E-state index is -4.13. The molecule has 4 aromatic heterocycles. The van der Waals surface area contributed by atoms with E-state index in [1.165, 1.54) is 23.5 Å². The van der Waals surface area contributed by atoms with Crippen LogP contribution in [0.2, 0.25) is 0 Å². The third kappa shape index (κ3) is 6.01. The number of imidazole rings is 2. The highest BCUT2D eigenvalue weighted by molar-refractivity contribution is 8.44. The molecule has 2 bridgehead atoms. The lowest BCUT2D eigenvalue weighted by Crippen LogP contribution is -2.39. The molecule has 3 aliphatic heterocycles. The Morgan fingerprint density at radius 3 is 2.67 bits per heavy atom. The van der Waals surface area contributed by atoms with Gasteiger partial charge in [0.15, 0.2) is 35.1 Å². The smallest absolute Gasteiger partial charge is 0.382 e. The molecule has 7 heterocycles. The number of thiol groups is 1. The summed E-state index contributed by atoms with van der Waals surface area (Å²) in [5.74, 6) is 0.0597. The van der Waals surface area contributed by atoms with E-state index < -0.39 is 49.3 Å². The van der Waals surface area contributed by atoms with Crippen LogP contribution >= 0.6 is 25.8 Å². The van der Waals surface area contributed by atoms with Crippen LogP contribution in [0.1, 0.15) is 25.3 Å². The van der Waals surface area contributed by atoms with Crippen LogP contribution < -0.4 is 17.0 Å². The minimum absolute atomic E-state index is 0.0274. The van der Waals surface area contributed by atoms with Gasteiger partial charge in [-0.1, -0.05) is 12.2 Å². The van der Waals surface area contributed by atoms with Gasteiger partial charge in [-0.05, 0) is 11.8 Å². The number of H-pyrrole nitrogens is 1. The Labute approximate surface area is 262 Å². The second-order valence-electron chi connectivity index (χ2n) is 10.7. The third-order valence-electron chi connectivity index (χ3n) is 7.54. The van der Waals surface area contributed by atoms with Crippen LogP contribution in [0.25, 0.3) is 22.3 Å². The fourth-order valence-electron chi connectivity index (χ4n) is 5.64. The van der Waals surface area contributed by atoms with Crippen molar-refractivity contribution in [2.75, 3.05) is 31.3 Å². The Bertz CT molecular complexity index is 1940. The van der Waals surface area contributed by atoms with Gasteiger partial charge in [-0.2, -0.15) is 4.98 Å². The van der Waals surface area contributed by atoms with E-state index in [2.05, 4.69) is 54.0 Å². The van der Waals surface area contributed by atoms with Gasteiger partial charge in [0.2, 0.25) is 5.95 Å². The van der Waals surface area contributed by atoms with Crippen molar-refractivity contribution in [3.63, 3.8) is 0 Å². The Morgan fingerprint density at radius 1 is 1.13 bits per heavy atom. The number of hydrogen-bond donors (Lipinski definition) is 6. The first kappa shape index (κ1) is 31.0. The third-order valence-corrected chi connectivity index (χ3v) is 9.97. The first-order valence-electron chi connectivity index (χ1n) is 13.3. The van der Waals surface area contributed by atoms with Gasteiger partial charge in [0.1, 0.15) is 29.7 Å². The molecule has 7 rings (SSSR count). The number of aromatic nitrogens is 8. The van der Waals surface area contributed by atoms with E-state index in [0.29, 0.717) is 17.6 Å². The predicted octanol–water partition coefficient (Wildman–Crippen LogP) is 0.133.